The van der Waals surface area contributed by atoms with E-state index in [-0.39, 0.29) is 5.97 Å². The number of thiophene rings is 1. The molecule has 1 unspecified atom stereocenters. The van der Waals surface area contributed by atoms with Gasteiger partial charge in [0.15, 0.2) is 0 Å². The van der Waals surface area contributed by atoms with Gasteiger partial charge in [-0.05, 0) is 38.2 Å². The fourth-order valence-corrected chi connectivity index (χ4v) is 4.88. The molecule has 8 nitrogen and oxygen atoms in total. The first-order chi connectivity index (χ1) is 13.1. The largest absolute Gasteiger partial charge is 0.465 e. The lowest BCUT2D eigenvalue weighted by Crippen LogP contribution is -2.38. The number of ether oxygens (including phenoxy) is 1. The Labute approximate surface area is 161 Å². The molecule has 3 aromatic heterocycles. The summed E-state index contributed by atoms with van der Waals surface area (Å²) in [6, 6.07) is 0. The Morgan fingerprint density at radius 1 is 1.37 bits per heavy atom. The van der Waals surface area contributed by atoms with Gasteiger partial charge < -0.3 is 9.64 Å². The van der Waals surface area contributed by atoms with Crippen LogP contribution < -0.4 is 4.90 Å². The highest BCUT2D eigenvalue weighted by molar-refractivity contribution is 7.20. The Morgan fingerprint density at radius 3 is 2.96 bits per heavy atom. The fraction of sp³-hybridized carbons (Fsp3) is 0.500. The number of esters is 1. The number of carbonyl (C=O) groups is 1. The standard InChI is InChI=1S/C18H22N6O2S/c1-11-14-16(21-12(2)22-17(14)27-15(11)18(25)26-3)23-6-4-5-13(7-23)8-24-10-19-9-20-24/h9-10,13H,4-8H2,1-3H3. The molecule has 0 aliphatic carbocycles. The zero-order valence-electron chi connectivity index (χ0n) is 15.7. The maximum absolute atomic E-state index is 12.1. The predicted octanol–water partition coefficient (Wildman–Crippen LogP) is 2.60. The summed E-state index contributed by atoms with van der Waals surface area (Å²) in [6.07, 6.45) is 5.58. The van der Waals surface area contributed by atoms with Crippen molar-refractivity contribution in [2.24, 2.45) is 5.92 Å². The number of methoxy groups -OCH3 is 1. The molecule has 0 bridgehead atoms. The first kappa shape index (κ1) is 17.8. The van der Waals surface area contributed by atoms with Crippen LogP contribution in [0.5, 0.6) is 0 Å². The predicted molar refractivity (Wildman–Crippen MR) is 103 cm³/mol. The Balaban J connectivity index is 1.69. The van der Waals surface area contributed by atoms with Crippen LogP contribution in [0.2, 0.25) is 0 Å². The third kappa shape index (κ3) is 3.39. The molecule has 1 fully saturated rings. The summed E-state index contributed by atoms with van der Waals surface area (Å²) in [7, 11) is 1.41. The Hall–Kier alpha value is -2.55. The van der Waals surface area contributed by atoms with Gasteiger partial charge >= 0.3 is 5.97 Å². The van der Waals surface area contributed by atoms with Gasteiger partial charge in [-0.2, -0.15) is 5.10 Å². The van der Waals surface area contributed by atoms with Gasteiger partial charge in [0.05, 0.1) is 12.5 Å². The summed E-state index contributed by atoms with van der Waals surface area (Å²) in [6.45, 7) is 6.53. The molecule has 142 valence electrons. The molecular formula is C18H22N6O2S. The van der Waals surface area contributed by atoms with Crippen molar-refractivity contribution in [3.05, 3.63) is 28.9 Å². The van der Waals surface area contributed by atoms with Crippen LogP contribution in [0, 0.1) is 19.8 Å². The molecule has 0 radical (unpaired) electrons. The molecule has 27 heavy (non-hydrogen) atoms. The number of aryl methyl sites for hydroxylation is 2. The lowest BCUT2D eigenvalue weighted by molar-refractivity contribution is 0.0605. The molecule has 9 heteroatoms. The number of piperidine rings is 1. The third-order valence-electron chi connectivity index (χ3n) is 4.98. The second-order valence-corrected chi connectivity index (χ2v) is 7.89. The topological polar surface area (TPSA) is 86.0 Å². The van der Waals surface area contributed by atoms with Gasteiger partial charge in [0, 0.05) is 19.6 Å². The van der Waals surface area contributed by atoms with Crippen LogP contribution in [0.15, 0.2) is 12.7 Å². The molecule has 1 saturated heterocycles. The van der Waals surface area contributed by atoms with Gasteiger partial charge in [-0.3, -0.25) is 4.68 Å². The quantitative estimate of drug-likeness (QED) is 0.637. The minimum Gasteiger partial charge on any atom is -0.465 e. The summed E-state index contributed by atoms with van der Waals surface area (Å²) in [5.41, 5.74) is 0.898. The van der Waals surface area contributed by atoms with Crippen LogP contribution in [0.4, 0.5) is 5.82 Å². The monoisotopic (exact) mass is 386 g/mol. The molecule has 1 aliphatic rings. The van der Waals surface area contributed by atoms with Crippen molar-refractivity contribution in [3.8, 4) is 0 Å². The van der Waals surface area contributed by atoms with Crippen LogP contribution in [-0.4, -0.2) is 50.9 Å². The third-order valence-corrected chi connectivity index (χ3v) is 6.15. The number of anilines is 1. The minimum atomic E-state index is -0.318. The number of nitrogens with zero attached hydrogens (tertiary/aromatic N) is 6. The minimum absolute atomic E-state index is 0.318. The highest BCUT2D eigenvalue weighted by Gasteiger charge is 2.27. The van der Waals surface area contributed by atoms with E-state index in [1.165, 1.54) is 18.4 Å². The Morgan fingerprint density at radius 2 is 2.22 bits per heavy atom. The van der Waals surface area contributed by atoms with Gasteiger partial charge in [0.25, 0.3) is 0 Å². The van der Waals surface area contributed by atoms with E-state index in [4.69, 9.17) is 9.72 Å². The van der Waals surface area contributed by atoms with E-state index in [0.717, 1.165) is 54.1 Å². The second-order valence-electron chi connectivity index (χ2n) is 6.89. The van der Waals surface area contributed by atoms with Crippen molar-refractivity contribution in [3.63, 3.8) is 0 Å². The number of carbonyl (C=O) groups excluding carboxylic acids is 1. The molecule has 0 amide bonds. The summed E-state index contributed by atoms with van der Waals surface area (Å²) in [4.78, 5) is 29.2. The van der Waals surface area contributed by atoms with Crippen molar-refractivity contribution >= 4 is 33.3 Å². The van der Waals surface area contributed by atoms with Crippen LogP contribution >= 0.6 is 11.3 Å². The highest BCUT2D eigenvalue weighted by atomic mass is 32.1. The number of hydrogen-bond acceptors (Lipinski definition) is 8. The molecular weight excluding hydrogens is 364 g/mol. The van der Waals surface area contributed by atoms with Gasteiger partial charge in [0.1, 0.15) is 34.0 Å². The smallest absolute Gasteiger partial charge is 0.348 e. The molecule has 0 N–H and O–H groups in total. The van der Waals surface area contributed by atoms with Crippen LogP contribution in [-0.2, 0) is 11.3 Å². The molecule has 1 aliphatic heterocycles. The number of hydrogen-bond donors (Lipinski definition) is 0. The SMILES string of the molecule is COC(=O)c1sc2nc(C)nc(N3CCCC(Cn4cncn4)C3)c2c1C. The normalized spacial score (nSPS) is 17.4. The average molecular weight is 386 g/mol. The Kier molecular flexibility index (Phi) is 4.77. The number of fused-ring (bicyclic) bond motifs is 1. The Bertz CT molecular complexity index is 968. The van der Waals surface area contributed by atoms with Gasteiger partial charge in [-0.1, -0.05) is 0 Å². The lowest BCUT2D eigenvalue weighted by Gasteiger charge is -2.34. The van der Waals surface area contributed by atoms with Gasteiger partial charge in [0.2, 0.25) is 0 Å². The first-order valence-corrected chi connectivity index (χ1v) is 9.82. The second kappa shape index (κ2) is 7.22. The van der Waals surface area contributed by atoms with E-state index in [1.807, 2.05) is 18.5 Å². The van der Waals surface area contributed by atoms with E-state index in [0.29, 0.717) is 16.6 Å². The molecule has 4 heterocycles. The molecule has 1 atom stereocenters. The highest BCUT2D eigenvalue weighted by Crippen LogP contribution is 2.37. The van der Waals surface area contributed by atoms with Crippen molar-refractivity contribution in [1.82, 2.24) is 24.7 Å². The first-order valence-electron chi connectivity index (χ1n) is 9.00. The van der Waals surface area contributed by atoms with E-state index in [1.54, 1.807) is 12.7 Å². The summed E-state index contributed by atoms with van der Waals surface area (Å²) < 4.78 is 6.82. The lowest BCUT2D eigenvalue weighted by atomic mass is 9.97. The maximum atomic E-state index is 12.1. The van der Waals surface area contributed by atoms with Crippen LogP contribution in [0.1, 0.15) is 33.9 Å². The van der Waals surface area contributed by atoms with E-state index in [2.05, 4.69) is 20.0 Å². The molecule has 3 aromatic rings. The molecule has 0 saturated carbocycles. The molecule has 4 rings (SSSR count). The molecule has 0 spiro atoms. The van der Waals surface area contributed by atoms with Crippen molar-refractivity contribution in [2.75, 3.05) is 25.1 Å². The van der Waals surface area contributed by atoms with Crippen molar-refractivity contribution in [2.45, 2.75) is 33.2 Å². The molecule has 0 aromatic carbocycles. The fourth-order valence-electron chi connectivity index (χ4n) is 3.74. The van der Waals surface area contributed by atoms with E-state index >= 15 is 0 Å². The van der Waals surface area contributed by atoms with E-state index < -0.39 is 0 Å². The maximum Gasteiger partial charge on any atom is 0.348 e. The zero-order valence-corrected chi connectivity index (χ0v) is 16.5. The summed E-state index contributed by atoms with van der Waals surface area (Å²) >= 11 is 1.38. The summed E-state index contributed by atoms with van der Waals surface area (Å²) in [5, 5.41) is 5.20. The number of aromatic nitrogens is 5. The van der Waals surface area contributed by atoms with Crippen LogP contribution in [0.25, 0.3) is 10.2 Å². The van der Waals surface area contributed by atoms with Gasteiger partial charge in [-0.15, -0.1) is 11.3 Å². The zero-order chi connectivity index (χ0) is 19.0. The van der Waals surface area contributed by atoms with Crippen LogP contribution in [0.3, 0.4) is 0 Å². The average Bonchev–Trinajstić information content (AvgIpc) is 3.28. The van der Waals surface area contributed by atoms with Crippen molar-refractivity contribution in [1.29, 1.82) is 0 Å². The number of rotatable bonds is 4. The van der Waals surface area contributed by atoms with Gasteiger partial charge in [-0.25, -0.2) is 19.7 Å². The van der Waals surface area contributed by atoms with Crippen molar-refractivity contribution < 1.29 is 9.53 Å². The summed E-state index contributed by atoms with van der Waals surface area (Å²) in [5.74, 6) is 1.80. The van der Waals surface area contributed by atoms with E-state index in [9.17, 15) is 4.79 Å².